The van der Waals surface area contributed by atoms with Gasteiger partial charge in [0.2, 0.25) is 0 Å². The first-order valence-electron chi connectivity index (χ1n) is 9.95. The number of para-hydroxylation sites is 2. The van der Waals surface area contributed by atoms with Crippen LogP contribution in [0.2, 0.25) is 5.02 Å². The van der Waals surface area contributed by atoms with Crippen molar-refractivity contribution in [2.45, 2.75) is 11.8 Å². The van der Waals surface area contributed by atoms with Gasteiger partial charge in [0.15, 0.2) is 11.6 Å². The Labute approximate surface area is 195 Å². The van der Waals surface area contributed by atoms with E-state index in [0.29, 0.717) is 27.3 Å². The summed E-state index contributed by atoms with van der Waals surface area (Å²) in [5.74, 6) is -0.285. The van der Waals surface area contributed by atoms with Gasteiger partial charge in [0.1, 0.15) is 0 Å². The number of hydrogen-bond acceptors (Lipinski definition) is 7. The van der Waals surface area contributed by atoms with Crippen LogP contribution in [0.25, 0.3) is 11.0 Å². The minimum atomic E-state index is -3.97. The molecule has 168 valence electrons. The molecule has 0 aliphatic heterocycles. The number of ether oxygens (including phenoxy) is 1. The van der Waals surface area contributed by atoms with E-state index in [1.54, 1.807) is 55.5 Å². The molecule has 3 aromatic carbocycles. The first-order valence-corrected chi connectivity index (χ1v) is 11.8. The van der Waals surface area contributed by atoms with E-state index in [0.717, 1.165) is 0 Å². The number of esters is 1. The molecule has 0 bridgehead atoms. The number of nitrogens with zero attached hydrogens (tertiary/aromatic N) is 2. The summed E-state index contributed by atoms with van der Waals surface area (Å²) in [5.41, 5.74) is 1.93. The first kappa shape index (κ1) is 22.5. The van der Waals surface area contributed by atoms with Crippen LogP contribution in [0, 0.1) is 0 Å². The molecule has 2 N–H and O–H groups in total. The Morgan fingerprint density at radius 3 is 2.27 bits per heavy atom. The fraction of sp³-hybridized carbons (Fsp3) is 0.0870. The minimum absolute atomic E-state index is 0.00480. The number of carbonyl (C=O) groups excluding carboxylic acids is 1. The molecule has 0 fully saturated rings. The van der Waals surface area contributed by atoms with Crippen LogP contribution in [0.5, 0.6) is 0 Å². The predicted molar refractivity (Wildman–Crippen MR) is 127 cm³/mol. The fourth-order valence-corrected chi connectivity index (χ4v) is 4.17. The van der Waals surface area contributed by atoms with Crippen molar-refractivity contribution in [2.24, 2.45) is 0 Å². The van der Waals surface area contributed by atoms with Gasteiger partial charge in [-0.25, -0.2) is 23.2 Å². The van der Waals surface area contributed by atoms with Crippen molar-refractivity contribution >= 4 is 56.0 Å². The van der Waals surface area contributed by atoms with Crippen molar-refractivity contribution in [3.63, 3.8) is 0 Å². The summed E-state index contributed by atoms with van der Waals surface area (Å²) in [6, 6.07) is 19.5. The second-order valence-corrected chi connectivity index (χ2v) is 9.01. The molecule has 4 rings (SSSR count). The molecule has 1 heterocycles. The summed E-state index contributed by atoms with van der Waals surface area (Å²) in [4.78, 5) is 21.1. The second kappa shape index (κ2) is 9.43. The molecule has 8 nitrogen and oxygen atoms in total. The number of anilines is 3. The van der Waals surface area contributed by atoms with E-state index in [-0.39, 0.29) is 23.1 Å². The van der Waals surface area contributed by atoms with Crippen molar-refractivity contribution in [1.29, 1.82) is 0 Å². The highest BCUT2D eigenvalue weighted by atomic mass is 35.5. The van der Waals surface area contributed by atoms with E-state index in [4.69, 9.17) is 16.3 Å². The van der Waals surface area contributed by atoms with Crippen LogP contribution < -0.4 is 10.0 Å². The Bertz CT molecular complexity index is 1430. The zero-order valence-electron chi connectivity index (χ0n) is 17.4. The van der Waals surface area contributed by atoms with Crippen molar-refractivity contribution in [3.05, 3.63) is 83.4 Å². The van der Waals surface area contributed by atoms with E-state index in [1.165, 1.54) is 24.3 Å². The third-order valence-electron chi connectivity index (χ3n) is 4.56. The molecule has 0 radical (unpaired) electrons. The van der Waals surface area contributed by atoms with Gasteiger partial charge in [0.05, 0.1) is 28.1 Å². The molecule has 0 aliphatic rings. The zero-order chi connectivity index (χ0) is 23.4. The third kappa shape index (κ3) is 5.21. The number of sulfonamides is 1. The normalized spacial score (nSPS) is 11.2. The number of fused-ring (bicyclic) bond motifs is 1. The quantitative estimate of drug-likeness (QED) is 0.356. The summed E-state index contributed by atoms with van der Waals surface area (Å²) >= 11 is 5.88. The Morgan fingerprint density at radius 1 is 0.939 bits per heavy atom. The highest BCUT2D eigenvalue weighted by Crippen LogP contribution is 2.28. The number of nitrogens with one attached hydrogen (secondary N) is 2. The average molecular weight is 483 g/mol. The third-order valence-corrected chi connectivity index (χ3v) is 6.17. The van der Waals surface area contributed by atoms with E-state index >= 15 is 0 Å². The minimum Gasteiger partial charge on any atom is -0.462 e. The lowest BCUT2D eigenvalue weighted by atomic mass is 10.2. The number of halogens is 1. The largest absolute Gasteiger partial charge is 0.462 e. The van der Waals surface area contributed by atoms with Crippen LogP contribution >= 0.6 is 11.6 Å². The van der Waals surface area contributed by atoms with Crippen LogP contribution in [0.4, 0.5) is 17.3 Å². The highest BCUT2D eigenvalue weighted by Gasteiger charge is 2.19. The van der Waals surface area contributed by atoms with Gasteiger partial charge in [-0.1, -0.05) is 29.8 Å². The van der Waals surface area contributed by atoms with Crippen molar-refractivity contribution in [1.82, 2.24) is 9.97 Å². The zero-order valence-corrected chi connectivity index (χ0v) is 19.0. The van der Waals surface area contributed by atoms with Gasteiger partial charge in [-0.3, -0.25) is 4.72 Å². The van der Waals surface area contributed by atoms with Crippen LogP contribution in [0.15, 0.2) is 77.7 Å². The molecule has 0 unspecified atom stereocenters. The average Bonchev–Trinajstić information content (AvgIpc) is 2.80. The predicted octanol–water partition coefficient (Wildman–Crippen LogP) is 5.00. The first-order chi connectivity index (χ1) is 15.9. The highest BCUT2D eigenvalue weighted by molar-refractivity contribution is 7.92. The number of benzene rings is 3. The van der Waals surface area contributed by atoms with Gasteiger partial charge < -0.3 is 10.1 Å². The smallest absolute Gasteiger partial charge is 0.338 e. The van der Waals surface area contributed by atoms with Crippen molar-refractivity contribution in [2.75, 3.05) is 16.6 Å². The summed E-state index contributed by atoms with van der Waals surface area (Å²) < 4.78 is 33.5. The molecule has 0 atom stereocenters. The molecule has 10 heteroatoms. The van der Waals surface area contributed by atoms with Gasteiger partial charge in [0.25, 0.3) is 10.0 Å². The summed E-state index contributed by atoms with van der Waals surface area (Å²) in [5, 5.41) is 3.48. The van der Waals surface area contributed by atoms with Gasteiger partial charge >= 0.3 is 5.97 Å². The maximum absolute atomic E-state index is 13.0. The van der Waals surface area contributed by atoms with Crippen molar-refractivity contribution in [3.8, 4) is 0 Å². The Morgan fingerprint density at radius 2 is 1.61 bits per heavy atom. The van der Waals surface area contributed by atoms with Crippen LogP contribution in [0.3, 0.4) is 0 Å². The monoisotopic (exact) mass is 482 g/mol. The summed E-state index contributed by atoms with van der Waals surface area (Å²) in [6.45, 7) is 1.98. The van der Waals surface area contributed by atoms with Gasteiger partial charge in [-0.2, -0.15) is 0 Å². The molecule has 0 spiro atoms. The number of aromatic nitrogens is 2. The Hall–Kier alpha value is -3.69. The molecule has 0 aliphatic carbocycles. The number of hydrogen-bond donors (Lipinski definition) is 2. The second-order valence-electron chi connectivity index (χ2n) is 6.90. The molecule has 1 aromatic heterocycles. The molecule has 33 heavy (non-hydrogen) atoms. The van der Waals surface area contributed by atoms with Crippen molar-refractivity contribution < 1.29 is 17.9 Å². The standard InChI is InChI=1S/C23H19ClN4O4S/c1-2-32-23(29)15-6-5-7-17(14-15)25-21-22(27-20-9-4-3-8-19(20)26-21)28-33(30,31)18-12-10-16(24)11-13-18/h3-14H,2H2,1H3,(H,25,26)(H,27,28). The fourth-order valence-electron chi connectivity index (χ4n) is 3.03. The SMILES string of the molecule is CCOC(=O)c1cccc(Nc2nc3ccccc3nc2NS(=O)(=O)c2ccc(Cl)cc2)c1. The van der Waals surface area contributed by atoms with E-state index in [2.05, 4.69) is 20.0 Å². The Kier molecular flexibility index (Phi) is 6.43. The van der Waals surface area contributed by atoms with Crippen LogP contribution in [-0.4, -0.2) is 31.0 Å². The Balaban J connectivity index is 1.73. The van der Waals surface area contributed by atoms with E-state index in [9.17, 15) is 13.2 Å². The van der Waals surface area contributed by atoms with Crippen LogP contribution in [-0.2, 0) is 14.8 Å². The molecule has 0 saturated heterocycles. The lowest BCUT2D eigenvalue weighted by Gasteiger charge is -2.14. The summed E-state index contributed by atoms with van der Waals surface area (Å²) in [7, 11) is -3.97. The molecule has 4 aromatic rings. The van der Waals surface area contributed by atoms with Crippen LogP contribution in [0.1, 0.15) is 17.3 Å². The van der Waals surface area contributed by atoms with E-state index in [1.807, 2.05) is 0 Å². The van der Waals surface area contributed by atoms with Gasteiger partial charge in [-0.05, 0) is 61.5 Å². The van der Waals surface area contributed by atoms with Gasteiger partial charge in [-0.15, -0.1) is 0 Å². The molecular formula is C23H19ClN4O4S. The van der Waals surface area contributed by atoms with E-state index < -0.39 is 16.0 Å². The maximum Gasteiger partial charge on any atom is 0.338 e. The lowest BCUT2D eigenvalue weighted by molar-refractivity contribution is 0.0526. The topological polar surface area (TPSA) is 110 Å². The maximum atomic E-state index is 13.0. The lowest BCUT2D eigenvalue weighted by Crippen LogP contribution is -2.16. The molecule has 0 amide bonds. The number of carbonyl (C=O) groups is 1. The molecular weight excluding hydrogens is 464 g/mol. The van der Waals surface area contributed by atoms with Gasteiger partial charge in [0, 0.05) is 10.7 Å². The molecule has 0 saturated carbocycles. The summed E-state index contributed by atoms with van der Waals surface area (Å²) in [6.07, 6.45) is 0. The number of rotatable bonds is 7.